The van der Waals surface area contributed by atoms with Crippen LogP contribution in [0.25, 0.3) is 0 Å². The molecule has 0 bridgehead atoms. The number of hydrogen-bond donors (Lipinski definition) is 0. The van der Waals surface area contributed by atoms with Gasteiger partial charge in [0.15, 0.2) is 0 Å². The second-order valence-corrected chi connectivity index (χ2v) is 4.61. The highest BCUT2D eigenvalue weighted by Gasteiger charge is 2.21. The quantitative estimate of drug-likeness (QED) is 0.357. The average molecular weight is 276 g/mol. The predicted octanol–water partition coefficient (Wildman–Crippen LogP) is 2.19. The Kier molecular flexibility index (Phi) is 4.47. The number of ether oxygens (including phenoxy) is 1. The molecule has 1 aromatic rings. The molecule has 6 nitrogen and oxygen atoms in total. The van der Waals surface area contributed by atoms with Crippen LogP contribution in [0.3, 0.4) is 0 Å². The molecule has 20 heavy (non-hydrogen) atoms. The van der Waals surface area contributed by atoms with Crippen molar-refractivity contribution in [3.63, 3.8) is 0 Å². The summed E-state index contributed by atoms with van der Waals surface area (Å²) in [4.78, 5) is 23.3. The van der Waals surface area contributed by atoms with E-state index >= 15 is 0 Å². The lowest BCUT2D eigenvalue weighted by Crippen LogP contribution is -2.29. The van der Waals surface area contributed by atoms with Gasteiger partial charge in [-0.25, -0.2) is 0 Å². The summed E-state index contributed by atoms with van der Waals surface area (Å²) in [6, 6.07) is 4.55. The van der Waals surface area contributed by atoms with Gasteiger partial charge < -0.3 is 9.64 Å². The first-order chi connectivity index (χ1) is 9.65. The van der Waals surface area contributed by atoms with Crippen molar-refractivity contribution < 1.29 is 14.5 Å². The van der Waals surface area contributed by atoms with E-state index in [1.165, 1.54) is 11.6 Å². The largest absolute Gasteiger partial charge is 0.380 e. The van der Waals surface area contributed by atoms with Gasteiger partial charge in [-0.3, -0.25) is 14.9 Å². The number of nitro groups is 1. The van der Waals surface area contributed by atoms with Crippen molar-refractivity contribution in [2.45, 2.75) is 6.42 Å². The van der Waals surface area contributed by atoms with Crippen molar-refractivity contribution >= 4 is 17.7 Å². The summed E-state index contributed by atoms with van der Waals surface area (Å²) in [6.07, 6.45) is 3.47. The number of nitro benzene ring substituents is 1. The smallest absolute Gasteiger partial charge is 0.293 e. The molecule has 0 unspecified atom stereocenters. The highest BCUT2D eigenvalue weighted by molar-refractivity contribution is 5.79. The van der Waals surface area contributed by atoms with Gasteiger partial charge in [-0.05, 0) is 24.1 Å². The number of carbonyl (C=O) groups excluding carboxylic acids is 1. The first kappa shape index (κ1) is 14.2. The third-order valence-corrected chi connectivity index (χ3v) is 3.31. The molecule has 0 aromatic heterocycles. The van der Waals surface area contributed by atoms with E-state index in [0.29, 0.717) is 37.2 Å². The Labute approximate surface area is 116 Å². The lowest BCUT2D eigenvalue weighted by Gasteiger charge is -2.28. The van der Waals surface area contributed by atoms with Crippen LogP contribution < -0.4 is 4.90 Å². The van der Waals surface area contributed by atoms with Gasteiger partial charge in [-0.1, -0.05) is 6.08 Å². The van der Waals surface area contributed by atoms with Crippen molar-refractivity contribution in [1.29, 1.82) is 0 Å². The summed E-state index contributed by atoms with van der Waals surface area (Å²) in [5.41, 5.74) is 2.04. The number of hydrogen-bond acceptors (Lipinski definition) is 5. The monoisotopic (exact) mass is 276 g/mol. The first-order valence-electron chi connectivity index (χ1n) is 6.31. The minimum Gasteiger partial charge on any atom is -0.380 e. The van der Waals surface area contributed by atoms with Crippen molar-refractivity contribution in [3.05, 3.63) is 45.5 Å². The summed E-state index contributed by atoms with van der Waals surface area (Å²) >= 11 is 0. The van der Waals surface area contributed by atoms with Crippen LogP contribution in [-0.2, 0) is 4.74 Å². The van der Waals surface area contributed by atoms with Crippen LogP contribution in [0, 0.1) is 10.1 Å². The fraction of sp³-hybridized carbons (Fsp3) is 0.357. The Morgan fingerprint density at radius 3 is 2.85 bits per heavy atom. The maximum atomic E-state index is 11.1. The lowest BCUT2D eigenvalue weighted by molar-refractivity contribution is -0.384. The SMILES string of the molecule is COCC1=CCN(c2ccc(C=O)cc2[N+](=O)[O-])CC1. The molecule has 1 aliphatic rings. The molecular formula is C14H16N2O4. The Hall–Kier alpha value is -2.21. The zero-order chi connectivity index (χ0) is 14.5. The van der Waals surface area contributed by atoms with Crippen LogP contribution in [0.5, 0.6) is 0 Å². The molecule has 0 saturated heterocycles. The van der Waals surface area contributed by atoms with Gasteiger partial charge in [-0.2, -0.15) is 0 Å². The molecule has 0 aliphatic carbocycles. The van der Waals surface area contributed by atoms with E-state index in [1.807, 2.05) is 11.0 Å². The van der Waals surface area contributed by atoms with Crippen LogP contribution in [0.1, 0.15) is 16.8 Å². The van der Waals surface area contributed by atoms with E-state index in [0.717, 1.165) is 6.42 Å². The Bertz CT molecular complexity index is 554. The molecule has 106 valence electrons. The van der Waals surface area contributed by atoms with Crippen LogP contribution >= 0.6 is 0 Å². The number of nitrogens with zero attached hydrogens (tertiary/aromatic N) is 2. The number of benzene rings is 1. The third kappa shape index (κ3) is 3.03. The number of carbonyl (C=O) groups is 1. The second-order valence-electron chi connectivity index (χ2n) is 4.61. The van der Waals surface area contributed by atoms with Gasteiger partial charge in [0, 0.05) is 31.8 Å². The number of rotatable bonds is 5. The van der Waals surface area contributed by atoms with Crippen molar-refractivity contribution in [1.82, 2.24) is 0 Å². The summed E-state index contributed by atoms with van der Waals surface area (Å²) < 4.78 is 5.08. The van der Waals surface area contributed by atoms with Gasteiger partial charge in [0.25, 0.3) is 5.69 Å². The van der Waals surface area contributed by atoms with Gasteiger partial charge in [-0.15, -0.1) is 0 Å². The first-order valence-corrected chi connectivity index (χ1v) is 6.31. The van der Waals surface area contributed by atoms with E-state index in [1.54, 1.807) is 19.2 Å². The van der Waals surface area contributed by atoms with E-state index in [2.05, 4.69) is 0 Å². The molecule has 6 heteroatoms. The lowest BCUT2D eigenvalue weighted by atomic mass is 10.1. The summed E-state index contributed by atoms with van der Waals surface area (Å²) in [5.74, 6) is 0. The second kappa shape index (κ2) is 6.29. The van der Waals surface area contributed by atoms with E-state index < -0.39 is 4.92 Å². The van der Waals surface area contributed by atoms with Gasteiger partial charge in [0.05, 0.1) is 11.5 Å². The molecule has 1 heterocycles. The van der Waals surface area contributed by atoms with Gasteiger partial charge in [0.1, 0.15) is 12.0 Å². The molecule has 0 saturated carbocycles. The van der Waals surface area contributed by atoms with Crippen LogP contribution in [0.2, 0.25) is 0 Å². The molecular weight excluding hydrogens is 260 g/mol. The maximum Gasteiger partial charge on any atom is 0.293 e. The average Bonchev–Trinajstić information content (AvgIpc) is 2.48. The van der Waals surface area contributed by atoms with Gasteiger partial charge in [0.2, 0.25) is 0 Å². The highest BCUT2D eigenvalue weighted by Crippen LogP contribution is 2.30. The van der Waals surface area contributed by atoms with Crippen molar-refractivity contribution in [2.75, 3.05) is 31.7 Å². The highest BCUT2D eigenvalue weighted by atomic mass is 16.6. The molecule has 0 amide bonds. The zero-order valence-electron chi connectivity index (χ0n) is 11.2. The summed E-state index contributed by atoms with van der Waals surface area (Å²) in [7, 11) is 1.65. The normalized spacial score (nSPS) is 14.8. The molecule has 2 rings (SSSR count). The summed E-state index contributed by atoms with van der Waals surface area (Å²) in [6.45, 7) is 1.91. The molecule has 0 spiro atoms. The number of aldehydes is 1. The van der Waals surface area contributed by atoms with Crippen LogP contribution in [0.4, 0.5) is 11.4 Å². The van der Waals surface area contributed by atoms with Gasteiger partial charge >= 0.3 is 0 Å². The van der Waals surface area contributed by atoms with Crippen LogP contribution in [0.15, 0.2) is 29.8 Å². The topological polar surface area (TPSA) is 72.7 Å². The summed E-state index contributed by atoms with van der Waals surface area (Å²) in [5, 5.41) is 11.1. The van der Waals surface area contributed by atoms with E-state index in [9.17, 15) is 14.9 Å². The minimum atomic E-state index is -0.448. The molecule has 1 aromatic carbocycles. The molecule has 0 atom stereocenters. The number of methoxy groups -OCH3 is 1. The Morgan fingerprint density at radius 2 is 2.30 bits per heavy atom. The zero-order valence-corrected chi connectivity index (χ0v) is 11.2. The maximum absolute atomic E-state index is 11.1. The van der Waals surface area contributed by atoms with Crippen molar-refractivity contribution in [2.24, 2.45) is 0 Å². The fourth-order valence-corrected chi connectivity index (χ4v) is 2.27. The van der Waals surface area contributed by atoms with E-state index in [4.69, 9.17) is 4.74 Å². The third-order valence-electron chi connectivity index (χ3n) is 3.31. The number of anilines is 1. The molecule has 0 N–H and O–H groups in total. The standard InChI is InChI=1S/C14H16N2O4/c1-20-10-11-4-6-15(7-5-11)13-3-2-12(9-17)8-14(13)16(18)19/h2-4,8-9H,5-7,10H2,1H3. The molecule has 0 fully saturated rings. The van der Waals surface area contributed by atoms with Crippen LogP contribution in [-0.4, -0.2) is 38.0 Å². The van der Waals surface area contributed by atoms with E-state index in [-0.39, 0.29) is 5.69 Å². The Morgan fingerprint density at radius 1 is 1.50 bits per heavy atom. The predicted molar refractivity (Wildman–Crippen MR) is 75.3 cm³/mol. The fourth-order valence-electron chi connectivity index (χ4n) is 2.27. The van der Waals surface area contributed by atoms with Crippen molar-refractivity contribution in [3.8, 4) is 0 Å². The Balaban J connectivity index is 2.25. The molecule has 1 aliphatic heterocycles. The minimum absolute atomic E-state index is 0.0295. The molecule has 0 radical (unpaired) electrons.